The summed E-state index contributed by atoms with van der Waals surface area (Å²) in [6.45, 7) is 0.819. The number of nitrogens with one attached hydrogen (secondary N) is 2. The summed E-state index contributed by atoms with van der Waals surface area (Å²) >= 11 is 5.18. The van der Waals surface area contributed by atoms with Crippen LogP contribution in [0.5, 0.6) is 0 Å². The van der Waals surface area contributed by atoms with Gasteiger partial charge >= 0.3 is 0 Å². The standard InChI is InChI=1S/C19H20BrN3O2S2/c1-2-10-22-19(15-27(24,25)16-7-4-3-5-8-16)23-12-13-26-14-18-17(20)9-6-11-21-18/h1,3-9,11,15,22-23H,10,12-14H2/b19-15-. The highest BCUT2D eigenvalue weighted by Crippen LogP contribution is 2.18. The van der Waals surface area contributed by atoms with Crippen LogP contribution in [0.1, 0.15) is 5.69 Å². The SMILES string of the molecule is C#CCN/C(=C/S(=O)(=O)c1ccccc1)NCCSCc1ncccc1Br. The van der Waals surface area contributed by atoms with Gasteiger partial charge in [-0.1, -0.05) is 24.1 Å². The van der Waals surface area contributed by atoms with Gasteiger partial charge in [0, 0.05) is 28.7 Å². The van der Waals surface area contributed by atoms with Crippen LogP contribution in [-0.2, 0) is 15.6 Å². The summed E-state index contributed by atoms with van der Waals surface area (Å²) in [5.41, 5.74) is 0.982. The topological polar surface area (TPSA) is 71.1 Å². The molecule has 0 bridgehead atoms. The number of terminal acetylenes is 1. The van der Waals surface area contributed by atoms with Crippen molar-refractivity contribution in [2.45, 2.75) is 10.6 Å². The van der Waals surface area contributed by atoms with Crippen LogP contribution in [0.15, 0.2) is 69.3 Å². The summed E-state index contributed by atoms with van der Waals surface area (Å²) in [5, 5.41) is 7.20. The van der Waals surface area contributed by atoms with Gasteiger partial charge in [-0.05, 0) is 40.2 Å². The Kier molecular flexibility index (Phi) is 8.72. The van der Waals surface area contributed by atoms with Crippen LogP contribution >= 0.6 is 27.7 Å². The minimum absolute atomic E-state index is 0.233. The lowest BCUT2D eigenvalue weighted by molar-refractivity contribution is 0.603. The number of pyridine rings is 1. The van der Waals surface area contributed by atoms with Gasteiger partial charge in [0.25, 0.3) is 0 Å². The first-order chi connectivity index (χ1) is 13.0. The molecular weight excluding hydrogens is 446 g/mol. The quantitative estimate of drug-likeness (QED) is 0.414. The first kappa shape index (κ1) is 21.4. The number of benzene rings is 1. The third-order valence-corrected chi connectivity index (χ3v) is 6.53. The fourth-order valence-electron chi connectivity index (χ4n) is 2.08. The van der Waals surface area contributed by atoms with Gasteiger partial charge < -0.3 is 10.6 Å². The van der Waals surface area contributed by atoms with Gasteiger partial charge in [-0.15, -0.1) is 6.42 Å². The summed E-state index contributed by atoms with van der Waals surface area (Å²) in [5.74, 6) is 4.38. The van der Waals surface area contributed by atoms with Crippen molar-refractivity contribution in [1.82, 2.24) is 15.6 Å². The Morgan fingerprint density at radius 2 is 2.00 bits per heavy atom. The fraction of sp³-hybridized carbons (Fsp3) is 0.211. The van der Waals surface area contributed by atoms with E-state index in [2.05, 4.69) is 37.5 Å². The Morgan fingerprint density at radius 3 is 2.70 bits per heavy atom. The number of nitrogens with zero attached hydrogens (tertiary/aromatic N) is 1. The molecule has 1 aromatic carbocycles. The maximum atomic E-state index is 12.5. The molecule has 5 nitrogen and oxygen atoms in total. The average Bonchev–Trinajstić information content (AvgIpc) is 2.67. The monoisotopic (exact) mass is 465 g/mol. The van der Waals surface area contributed by atoms with Crippen molar-refractivity contribution in [2.75, 3.05) is 18.8 Å². The largest absolute Gasteiger partial charge is 0.370 e. The molecule has 27 heavy (non-hydrogen) atoms. The molecule has 0 unspecified atom stereocenters. The van der Waals surface area contributed by atoms with E-state index in [1.807, 2.05) is 12.1 Å². The van der Waals surface area contributed by atoms with E-state index in [0.717, 1.165) is 21.7 Å². The number of hydrogen-bond donors (Lipinski definition) is 2. The number of aromatic nitrogens is 1. The normalized spacial score (nSPS) is 11.6. The van der Waals surface area contributed by atoms with Crippen LogP contribution in [0.3, 0.4) is 0 Å². The van der Waals surface area contributed by atoms with Crippen molar-refractivity contribution < 1.29 is 8.42 Å². The fourth-order valence-corrected chi connectivity index (χ4v) is 4.62. The molecule has 2 N–H and O–H groups in total. The van der Waals surface area contributed by atoms with Gasteiger partial charge in [0.15, 0.2) is 0 Å². The highest BCUT2D eigenvalue weighted by Gasteiger charge is 2.12. The molecule has 2 aromatic rings. The molecule has 0 aliphatic rings. The van der Waals surface area contributed by atoms with Crippen molar-refractivity contribution >= 4 is 37.5 Å². The first-order valence-corrected chi connectivity index (χ1v) is 11.6. The second-order valence-electron chi connectivity index (χ2n) is 5.36. The lowest BCUT2D eigenvalue weighted by Crippen LogP contribution is -2.29. The molecule has 0 aliphatic carbocycles. The van der Waals surface area contributed by atoms with Crippen molar-refractivity contribution in [3.63, 3.8) is 0 Å². The van der Waals surface area contributed by atoms with Crippen LogP contribution in [-0.4, -0.2) is 32.2 Å². The molecule has 8 heteroatoms. The lowest BCUT2D eigenvalue weighted by atomic mass is 10.4. The van der Waals surface area contributed by atoms with E-state index in [1.54, 1.807) is 48.3 Å². The summed E-state index contributed by atoms with van der Waals surface area (Å²) < 4.78 is 26.0. The Morgan fingerprint density at radius 1 is 1.22 bits per heavy atom. The van der Waals surface area contributed by atoms with Crippen LogP contribution in [0, 0.1) is 12.3 Å². The number of halogens is 1. The predicted octanol–water partition coefficient (Wildman–Crippen LogP) is 3.16. The molecule has 0 saturated carbocycles. The number of rotatable bonds is 10. The van der Waals surface area contributed by atoms with Crippen LogP contribution < -0.4 is 10.6 Å². The maximum Gasteiger partial charge on any atom is 0.203 e. The lowest BCUT2D eigenvalue weighted by Gasteiger charge is -2.12. The van der Waals surface area contributed by atoms with Gasteiger partial charge in [-0.2, -0.15) is 11.8 Å². The third kappa shape index (κ3) is 7.29. The Labute approximate surface area is 173 Å². The summed E-state index contributed by atoms with van der Waals surface area (Å²) in [4.78, 5) is 4.56. The molecule has 2 rings (SSSR count). The van der Waals surface area contributed by atoms with Gasteiger partial charge in [-0.25, -0.2) is 8.42 Å². The van der Waals surface area contributed by atoms with Crippen LogP contribution in [0.25, 0.3) is 0 Å². The zero-order chi connectivity index (χ0) is 19.5. The first-order valence-electron chi connectivity index (χ1n) is 8.13. The molecule has 0 aliphatic heterocycles. The highest BCUT2D eigenvalue weighted by molar-refractivity contribution is 9.10. The van der Waals surface area contributed by atoms with E-state index in [4.69, 9.17) is 6.42 Å². The molecule has 0 fully saturated rings. The molecule has 0 spiro atoms. The van der Waals surface area contributed by atoms with Crippen molar-refractivity contribution in [3.05, 3.63) is 70.1 Å². The van der Waals surface area contributed by atoms with Crippen molar-refractivity contribution in [2.24, 2.45) is 0 Å². The minimum Gasteiger partial charge on any atom is -0.370 e. The Balaban J connectivity index is 1.92. The van der Waals surface area contributed by atoms with Crippen molar-refractivity contribution in [1.29, 1.82) is 0 Å². The van der Waals surface area contributed by atoms with E-state index in [9.17, 15) is 8.42 Å². The zero-order valence-electron chi connectivity index (χ0n) is 14.6. The molecule has 0 saturated heterocycles. The van der Waals surface area contributed by atoms with E-state index < -0.39 is 9.84 Å². The second-order valence-corrected chi connectivity index (χ2v) is 9.12. The van der Waals surface area contributed by atoms with Gasteiger partial charge in [-0.3, -0.25) is 4.98 Å². The summed E-state index contributed by atoms with van der Waals surface area (Å²) in [6, 6.07) is 12.1. The van der Waals surface area contributed by atoms with Crippen LogP contribution in [0.4, 0.5) is 0 Å². The molecule has 142 valence electrons. The summed E-state index contributed by atoms with van der Waals surface area (Å²) in [6.07, 6.45) is 7.04. The van der Waals surface area contributed by atoms with Gasteiger partial charge in [0.2, 0.25) is 9.84 Å². The van der Waals surface area contributed by atoms with Gasteiger partial charge in [0.05, 0.1) is 22.5 Å². The highest BCUT2D eigenvalue weighted by atomic mass is 79.9. The minimum atomic E-state index is -3.56. The van der Waals surface area contributed by atoms with Gasteiger partial charge in [0.1, 0.15) is 5.82 Å². The van der Waals surface area contributed by atoms with E-state index in [0.29, 0.717) is 12.4 Å². The smallest absolute Gasteiger partial charge is 0.203 e. The number of sulfone groups is 1. The van der Waals surface area contributed by atoms with E-state index in [-0.39, 0.29) is 11.4 Å². The zero-order valence-corrected chi connectivity index (χ0v) is 17.8. The summed E-state index contributed by atoms with van der Waals surface area (Å²) in [7, 11) is -3.56. The molecule has 1 aromatic heterocycles. The van der Waals surface area contributed by atoms with E-state index >= 15 is 0 Å². The van der Waals surface area contributed by atoms with Crippen molar-refractivity contribution in [3.8, 4) is 12.3 Å². The second kappa shape index (κ2) is 11.0. The van der Waals surface area contributed by atoms with Crippen LogP contribution in [0.2, 0.25) is 0 Å². The molecular formula is C19H20BrN3O2S2. The number of thioether (sulfide) groups is 1. The number of hydrogen-bond acceptors (Lipinski definition) is 6. The predicted molar refractivity (Wildman–Crippen MR) is 115 cm³/mol. The molecule has 0 atom stereocenters. The average molecular weight is 466 g/mol. The molecule has 0 amide bonds. The Bertz CT molecular complexity index is 910. The molecule has 1 heterocycles. The molecule has 0 radical (unpaired) electrons. The van der Waals surface area contributed by atoms with E-state index in [1.165, 1.54) is 5.41 Å². The Hall–Kier alpha value is -1.95. The third-order valence-electron chi connectivity index (χ3n) is 3.36. The maximum absolute atomic E-state index is 12.5.